The highest BCUT2D eigenvalue weighted by atomic mass is 16.3. The van der Waals surface area contributed by atoms with Crippen molar-refractivity contribution < 1.29 is 9.90 Å². The molecule has 0 aliphatic carbocycles. The number of phenols is 1. The van der Waals surface area contributed by atoms with E-state index in [1.807, 2.05) is 17.0 Å². The van der Waals surface area contributed by atoms with Gasteiger partial charge in [0.05, 0.1) is 6.04 Å². The fourth-order valence-corrected chi connectivity index (χ4v) is 2.85. The molecule has 116 valence electrons. The summed E-state index contributed by atoms with van der Waals surface area (Å²) in [5.74, 6) is 0.272. The molecule has 0 bridgehead atoms. The summed E-state index contributed by atoms with van der Waals surface area (Å²) in [6.45, 7) is 6.13. The molecule has 0 saturated carbocycles. The predicted octanol–water partition coefficient (Wildman–Crippen LogP) is 2.30. The lowest BCUT2D eigenvalue weighted by atomic mass is 9.85. The molecule has 1 heterocycles. The molecular weight excluding hydrogens is 264 g/mol. The fourth-order valence-electron chi connectivity index (χ4n) is 2.85. The van der Waals surface area contributed by atoms with Crippen molar-refractivity contribution in [2.45, 2.75) is 45.6 Å². The summed E-state index contributed by atoms with van der Waals surface area (Å²) in [4.78, 5) is 14.4. The lowest BCUT2D eigenvalue weighted by Crippen LogP contribution is -2.45. The first kappa shape index (κ1) is 15.8. The third-order valence-electron chi connectivity index (χ3n) is 4.36. The van der Waals surface area contributed by atoms with Crippen LogP contribution in [0.15, 0.2) is 24.3 Å². The van der Waals surface area contributed by atoms with E-state index in [9.17, 15) is 9.90 Å². The van der Waals surface area contributed by atoms with Gasteiger partial charge in [-0.1, -0.05) is 26.0 Å². The van der Waals surface area contributed by atoms with Crippen molar-refractivity contribution in [3.8, 4) is 5.75 Å². The van der Waals surface area contributed by atoms with Crippen molar-refractivity contribution in [1.29, 1.82) is 0 Å². The molecule has 21 heavy (non-hydrogen) atoms. The second kappa shape index (κ2) is 6.48. The molecule has 4 heteroatoms. The van der Waals surface area contributed by atoms with Crippen LogP contribution in [0.1, 0.15) is 38.7 Å². The Kier molecular flexibility index (Phi) is 4.88. The molecule has 1 saturated heterocycles. The first-order valence-electron chi connectivity index (χ1n) is 7.70. The summed E-state index contributed by atoms with van der Waals surface area (Å²) < 4.78 is 0. The van der Waals surface area contributed by atoms with Gasteiger partial charge in [0.15, 0.2) is 0 Å². The second-order valence-corrected chi connectivity index (χ2v) is 6.82. The summed E-state index contributed by atoms with van der Waals surface area (Å²) in [7, 11) is 0. The normalized spacial score (nSPS) is 19.9. The zero-order valence-electron chi connectivity index (χ0n) is 13.0. The van der Waals surface area contributed by atoms with Crippen LogP contribution in [-0.4, -0.2) is 35.0 Å². The Morgan fingerprint density at radius 2 is 1.95 bits per heavy atom. The van der Waals surface area contributed by atoms with Gasteiger partial charge in [0.25, 0.3) is 0 Å². The highest BCUT2D eigenvalue weighted by Gasteiger charge is 2.27. The van der Waals surface area contributed by atoms with Crippen LogP contribution in [0.25, 0.3) is 0 Å². The van der Waals surface area contributed by atoms with Crippen LogP contribution < -0.4 is 5.73 Å². The van der Waals surface area contributed by atoms with E-state index < -0.39 is 6.04 Å². The molecule has 1 aliphatic rings. The Balaban J connectivity index is 1.94. The molecule has 3 N–H and O–H groups in total. The molecule has 1 fully saturated rings. The lowest BCUT2D eigenvalue weighted by Gasteiger charge is -2.25. The maximum atomic E-state index is 12.5. The maximum absolute atomic E-state index is 12.5. The summed E-state index contributed by atoms with van der Waals surface area (Å²) in [5, 5.41) is 9.28. The van der Waals surface area contributed by atoms with E-state index in [-0.39, 0.29) is 11.7 Å². The fraction of sp³-hybridized carbons (Fsp3) is 0.588. The minimum atomic E-state index is -0.504. The van der Waals surface area contributed by atoms with E-state index in [1.54, 1.807) is 12.1 Å². The summed E-state index contributed by atoms with van der Waals surface area (Å²) in [5.41, 5.74) is 7.37. The van der Waals surface area contributed by atoms with Gasteiger partial charge in [0.1, 0.15) is 5.75 Å². The minimum Gasteiger partial charge on any atom is -0.508 e. The molecule has 4 nitrogen and oxygen atoms in total. The quantitative estimate of drug-likeness (QED) is 0.897. The van der Waals surface area contributed by atoms with Crippen LogP contribution in [0.3, 0.4) is 0 Å². The zero-order chi connectivity index (χ0) is 15.5. The Morgan fingerprint density at radius 1 is 1.29 bits per heavy atom. The highest BCUT2D eigenvalue weighted by molar-refractivity contribution is 5.82. The number of nitrogens with two attached hydrogens (primary N) is 1. The van der Waals surface area contributed by atoms with E-state index in [0.29, 0.717) is 11.8 Å². The largest absolute Gasteiger partial charge is 0.508 e. The van der Waals surface area contributed by atoms with Gasteiger partial charge in [0.2, 0.25) is 5.91 Å². The van der Waals surface area contributed by atoms with Crippen molar-refractivity contribution in [2.24, 2.45) is 11.1 Å². The van der Waals surface area contributed by atoms with Crippen molar-refractivity contribution >= 4 is 5.91 Å². The summed E-state index contributed by atoms with van der Waals surface area (Å²) in [6.07, 6.45) is 3.75. The van der Waals surface area contributed by atoms with Gasteiger partial charge in [-0.05, 0) is 48.8 Å². The average Bonchev–Trinajstić information content (AvgIpc) is 2.61. The Morgan fingerprint density at radius 3 is 2.62 bits per heavy atom. The van der Waals surface area contributed by atoms with Crippen molar-refractivity contribution in [3.63, 3.8) is 0 Å². The van der Waals surface area contributed by atoms with Crippen molar-refractivity contribution in [1.82, 2.24) is 4.90 Å². The molecule has 1 aromatic carbocycles. The Labute approximate surface area is 126 Å². The van der Waals surface area contributed by atoms with Gasteiger partial charge in [-0.15, -0.1) is 0 Å². The molecular formula is C17H26N2O2. The van der Waals surface area contributed by atoms with E-state index in [2.05, 4.69) is 13.8 Å². The third-order valence-corrected chi connectivity index (χ3v) is 4.36. The monoisotopic (exact) mass is 290 g/mol. The van der Waals surface area contributed by atoms with Gasteiger partial charge >= 0.3 is 0 Å². The van der Waals surface area contributed by atoms with Crippen LogP contribution in [-0.2, 0) is 11.2 Å². The molecule has 0 unspecified atom stereocenters. The van der Waals surface area contributed by atoms with Gasteiger partial charge in [0, 0.05) is 13.1 Å². The Hall–Kier alpha value is -1.55. The molecule has 0 spiro atoms. The minimum absolute atomic E-state index is 0.0424. The number of phenolic OH excluding ortho intramolecular Hbond substituents is 1. The molecule has 1 atom stereocenters. The molecule has 1 aliphatic heterocycles. The van der Waals surface area contributed by atoms with Crippen molar-refractivity contribution in [3.05, 3.63) is 29.8 Å². The van der Waals surface area contributed by atoms with Crippen molar-refractivity contribution in [2.75, 3.05) is 13.1 Å². The highest BCUT2D eigenvalue weighted by Crippen LogP contribution is 2.29. The Bertz CT molecular complexity index is 482. The maximum Gasteiger partial charge on any atom is 0.239 e. The number of benzene rings is 1. The number of likely N-dealkylation sites (tertiary alicyclic amines) is 1. The lowest BCUT2D eigenvalue weighted by molar-refractivity contribution is -0.132. The summed E-state index contributed by atoms with van der Waals surface area (Å²) >= 11 is 0. The van der Waals surface area contributed by atoms with E-state index in [4.69, 9.17) is 5.73 Å². The number of aromatic hydroxyl groups is 1. The zero-order valence-corrected chi connectivity index (χ0v) is 13.0. The van der Waals surface area contributed by atoms with Crippen LogP contribution in [0.4, 0.5) is 0 Å². The van der Waals surface area contributed by atoms with Crippen LogP contribution in [0, 0.1) is 5.41 Å². The van der Waals surface area contributed by atoms with Gasteiger partial charge < -0.3 is 15.7 Å². The number of nitrogens with zero attached hydrogens (tertiary/aromatic N) is 1. The van der Waals surface area contributed by atoms with Crippen LogP contribution >= 0.6 is 0 Å². The number of carbonyl (C=O) groups is 1. The van der Waals surface area contributed by atoms with E-state index in [1.165, 1.54) is 0 Å². The van der Waals surface area contributed by atoms with E-state index >= 15 is 0 Å². The smallest absolute Gasteiger partial charge is 0.239 e. The number of hydrogen-bond donors (Lipinski definition) is 2. The molecule has 1 aromatic rings. The topological polar surface area (TPSA) is 66.6 Å². The standard InChI is InChI=1S/C17H26N2O2/c1-17(2)8-3-10-19(11-9-17)16(21)15(18)12-13-4-6-14(20)7-5-13/h4-7,15,20H,3,8-12,18H2,1-2H3/t15-/m0/s1. The summed E-state index contributed by atoms with van der Waals surface area (Å²) in [6, 6.07) is 6.38. The third kappa shape index (κ3) is 4.46. The van der Waals surface area contributed by atoms with E-state index in [0.717, 1.165) is 37.9 Å². The average molecular weight is 290 g/mol. The number of carbonyl (C=O) groups excluding carboxylic acids is 1. The molecule has 2 rings (SSSR count). The molecule has 1 amide bonds. The van der Waals surface area contributed by atoms with Gasteiger partial charge in [-0.3, -0.25) is 4.79 Å². The molecule has 0 radical (unpaired) electrons. The number of amides is 1. The number of hydrogen-bond acceptors (Lipinski definition) is 3. The first-order valence-corrected chi connectivity index (χ1v) is 7.70. The van der Waals surface area contributed by atoms with Crippen LogP contribution in [0.5, 0.6) is 5.75 Å². The SMILES string of the molecule is CC1(C)CCCN(C(=O)[C@@H](N)Cc2ccc(O)cc2)CC1. The van der Waals surface area contributed by atoms with Gasteiger partial charge in [-0.2, -0.15) is 0 Å². The van der Waals surface area contributed by atoms with Gasteiger partial charge in [-0.25, -0.2) is 0 Å². The van der Waals surface area contributed by atoms with Crippen LogP contribution in [0.2, 0.25) is 0 Å². The first-order chi connectivity index (χ1) is 9.87. The second-order valence-electron chi connectivity index (χ2n) is 6.82. The molecule has 0 aromatic heterocycles. The predicted molar refractivity (Wildman–Crippen MR) is 84.0 cm³/mol. The number of rotatable bonds is 3.